The van der Waals surface area contributed by atoms with Gasteiger partial charge in [0.15, 0.2) is 0 Å². The van der Waals surface area contributed by atoms with E-state index in [-0.39, 0.29) is 29.8 Å². The van der Waals surface area contributed by atoms with Crippen LogP contribution in [-0.4, -0.2) is 54.0 Å². The standard InChI is InChI=1S/C22H28N2O4/c1-14-18-12-23(13-19(22(26)28-3)17(18)11-21(14)25)8-9-24-7-6-15-10-16(27-2)4-5-20(15)24/h4-7,10,13-14,17-18,21,25H,8-9,11-12H2,1-3H3/t14-,17+,18-,21+/m0/s1. The molecule has 0 radical (unpaired) electrons. The first kappa shape index (κ1) is 18.9. The summed E-state index contributed by atoms with van der Waals surface area (Å²) in [7, 11) is 3.10. The summed E-state index contributed by atoms with van der Waals surface area (Å²) in [5, 5.41) is 11.5. The van der Waals surface area contributed by atoms with E-state index in [1.807, 2.05) is 18.3 Å². The summed E-state index contributed by atoms with van der Waals surface area (Å²) in [5.41, 5.74) is 1.86. The molecule has 0 unspecified atom stereocenters. The van der Waals surface area contributed by atoms with Crippen LogP contribution in [0, 0.1) is 17.8 Å². The molecule has 1 aromatic heterocycles. The van der Waals surface area contributed by atoms with Gasteiger partial charge in [0.25, 0.3) is 0 Å². The number of hydrogen-bond donors (Lipinski definition) is 1. The molecule has 1 aliphatic heterocycles. The van der Waals surface area contributed by atoms with Gasteiger partial charge in [0, 0.05) is 42.9 Å². The van der Waals surface area contributed by atoms with Gasteiger partial charge in [0.1, 0.15) is 5.75 Å². The number of esters is 1. The Bertz CT molecular complexity index is 903. The number of rotatable bonds is 5. The first-order valence-corrected chi connectivity index (χ1v) is 9.87. The van der Waals surface area contributed by atoms with Crippen molar-refractivity contribution >= 4 is 16.9 Å². The number of aliphatic hydroxyl groups excluding tert-OH is 1. The van der Waals surface area contributed by atoms with Gasteiger partial charge in [-0.05, 0) is 48.4 Å². The molecule has 2 heterocycles. The zero-order valence-corrected chi connectivity index (χ0v) is 16.7. The maximum absolute atomic E-state index is 12.3. The van der Waals surface area contributed by atoms with E-state index in [4.69, 9.17) is 9.47 Å². The second-order valence-corrected chi connectivity index (χ2v) is 7.94. The Morgan fingerprint density at radius 2 is 2.07 bits per heavy atom. The van der Waals surface area contributed by atoms with Crippen LogP contribution in [0.3, 0.4) is 0 Å². The Morgan fingerprint density at radius 3 is 2.82 bits per heavy atom. The monoisotopic (exact) mass is 384 g/mol. The summed E-state index contributed by atoms with van der Waals surface area (Å²) in [4.78, 5) is 14.5. The number of nitrogens with zero attached hydrogens (tertiary/aromatic N) is 2. The van der Waals surface area contributed by atoms with Gasteiger partial charge in [-0.1, -0.05) is 6.92 Å². The van der Waals surface area contributed by atoms with E-state index in [0.717, 1.165) is 36.3 Å². The van der Waals surface area contributed by atoms with E-state index >= 15 is 0 Å². The molecule has 1 aromatic carbocycles. The highest BCUT2D eigenvalue weighted by Crippen LogP contribution is 2.44. The zero-order chi connectivity index (χ0) is 19.8. The molecule has 4 atom stereocenters. The average Bonchev–Trinajstić information content (AvgIpc) is 3.25. The topological polar surface area (TPSA) is 63.9 Å². The smallest absolute Gasteiger partial charge is 0.335 e. The Kier molecular flexibility index (Phi) is 5.06. The largest absolute Gasteiger partial charge is 0.497 e. The van der Waals surface area contributed by atoms with Gasteiger partial charge in [0.2, 0.25) is 0 Å². The number of carbonyl (C=O) groups is 1. The lowest BCUT2D eigenvalue weighted by Gasteiger charge is -2.36. The Labute approximate surface area is 165 Å². The molecule has 0 bridgehead atoms. The molecule has 28 heavy (non-hydrogen) atoms. The molecule has 1 N–H and O–H groups in total. The molecule has 2 aliphatic rings. The van der Waals surface area contributed by atoms with Gasteiger partial charge < -0.3 is 24.0 Å². The van der Waals surface area contributed by atoms with Gasteiger partial charge >= 0.3 is 5.97 Å². The van der Waals surface area contributed by atoms with Gasteiger partial charge in [-0.2, -0.15) is 0 Å². The molecular formula is C22H28N2O4. The summed E-state index contributed by atoms with van der Waals surface area (Å²) in [6.45, 7) is 4.55. The predicted molar refractivity (Wildman–Crippen MR) is 107 cm³/mol. The Hall–Kier alpha value is -2.47. The molecular weight excluding hydrogens is 356 g/mol. The summed E-state index contributed by atoms with van der Waals surface area (Å²) in [5.74, 6) is 1.13. The van der Waals surface area contributed by atoms with Gasteiger partial charge in [-0.15, -0.1) is 0 Å². The minimum absolute atomic E-state index is 0.0913. The van der Waals surface area contributed by atoms with Gasteiger partial charge in [-0.3, -0.25) is 0 Å². The summed E-state index contributed by atoms with van der Waals surface area (Å²) >= 11 is 0. The van der Waals surface area contributed by atoms with Crippen molar-refractivity contribution in [3.8, 4) is 5.75 Å². The molecule has 4 rings (SSSR count). The van der Waals surface area contributed by atoms with Crippen LogP contribution in [0.15, 0.2) is 42.2 Å². The third-order valence-corrected chi connectivity index (χ3v) is 6.49. The fourth-order valence-corrected chi connectivity index (χ4v) is 4.78. The summed E-state index contributed by atoms with van der Waals surface area (Å²) < 4.78 is 12.5. The molecule has 6 heteroatoms. The van der Waals surface area contributed by atoms with E-state index in [0.29, 0.717) is 12.0 Å². The molecule has 1 saturated carbocycles. The van der Waals surface area contributed by atoms with Crippen molar-refractivity contribution in [2.24, 2.45) is 17.8 Å². The fourth-order valence-electron chi connectivity index (χ4n) is 4.78. The van der Waals surface area contributed by atoms with Crippen molar-refractivity contribution in [3.63, 3.8) is 0 Å². The number of fused-ring (bicyclic) bond motifs is 2. The highest BCUT2D eigenvalue weighted by molar-refractivity contribution is 5.89. The van der Waals surface area contributed by atoms with Crippen molar-refractivity contribution in [1.82, 2.24) is 9.47 Å². The Morgan fingerprint density at radius 1 is 1.25 bits per heavy atom. The lowest BCUT2D eigenvalue weighted by atomic mass is 9.82. The van der Waals surface area contributed by atoms with Crippen LogP contribution >= 0.6 is 0 Å². The summed E-state index contributed by atoms with van der Waals surface area (Å²) in [6.07, 6.45) is 4.33. The molecule has 2 aromatic rings. The lowest BCUT2D eigenvalue weighted by molar-refractivity contribution is -0.137. The average molecular weight is 384 g/mol. The molecule has 6 nitrogen and oxygen atoms in total. The second kappa shape index (κ2) is 7.51. The molecule has 1 aliphatic carbocycles. The lowest BCUT2D eigenvalue weighted by Crippen LogP contribution is -2.39. The molecule has 0 spiro atoms. The van der Waals surface area contributed by atoms with Crippen LogP contribution in [0.1, 0.15) is 13.3 Å². The number of carbonyl (C=O) groups excluding carboxylic acids is 1. The van der Waals surface area contributed by atoms with Crippen molar-refractivity contribution < 1.29 is 19.4 Å². The third kappa shape index (κ3) is 3.26. The first-order valence-electron chi connectivity index (χ1n) is 9.87. The molecule has 1 fully saturated rings. The number of aliphatic hydroxyl groups is 1. The molecule has 0 amide bonds. The summed E-state index contributed by atoms with van der Waals surface area (Å²) in [6, 6.07) is 8.18. The number of methoxy groups -OCH3 is 2. The van der Waals surface area contributed by atoms with E-state index in [2.05, 4.69) is 34.7 Å². The van der Waals surface area contributed by atoms with Crippen LogP contribution < -0.4 is 4.74 Å². The number of benzene rings is 1. The quantitative estimate of drug-likeness (QED) is 0.803. The normalized spacial score (nSPS) is 26.9. The van der Waals surface area contributed by atoms with Crippen LogP contribution in [0.5, 0.6) is 5.75 Å². The Balaban J connectivity index is 1.53. The minimum atomic E-state index is -0.355. The number of aromatic nitrogens is 1. The first-order chi connectivity index (χ1) is 13.5. The molecule has 150 valence electrons. The SMILES string of the molecule is COC(=O)C1=CN(CCn2ccc3cc(OC)ccc32)C[C@H]2[C@H](C)[C@H](O)C[C@@H]12. The maximum atomic E-state index is 12.3. The van der Waals surface area contributed by atoms with Gasteiger partial charge in [0.05, 0.1) is 25.9 Å². The maximum Gasteiger partial charge on any atom is 0.335 e. The third-order valence-electron chi connectivity index (χ3n) is 6.49. The van der Waals surface area contributed by atoms with Crippen molar-refractivity contribution in [1.29, 1.82) is 0 Å². The van der Waals surface area contributed by atoms with E-state index in [1.165, 1.54) is 7.11 Å². The van der Waals surface area contributed by atoms with E-state index in [9.17, 15) is 9.90 Å². The van der Waals surface area contributed by atoms with Crippen molar-refractivity contribution in [2.45, 2.75) is 26.0 Å². The van der Waals surface area contributed by atoms with Crippen LogP contribution in [0.4, 0.5) is 0 Å². The van der Waals surface area contributed by atoms with E-state index in [1.54, 1.807) is 7.11 Å². The van der Waals surface area contributed by atoms with Crippen LogP contribution in [0.2, 0.25) is 0 Å². The highest BCUT2D eigenvalue weighted by Gasteiger charge is 2.46. The number of hydrogen-bond acceptors (Lipinski definition) is 5. The second-order valence-electron chi connectivity index (χ2n) is 7.94. The van der Waals surface area contributed by atoms with E-state index < -0.39 is 0 Å². The highest BCUT2D eigenvalue weighted by atomic mass is 16.5. The van der Waals surface area contributed by atoms with Crippen molar-refractivity contribution in [2.75, 3.05) is 27.3 Å². The zero-order valence-electron chi connectivity index (χ0n) is 16.7. The molecule has 0 saturated heterocycles. The van der Waals surface area contributed by atoms with Crippen LogP contribution in [-0.2, 0) is 16.1 Å². The fraction of sp³-hybridized carbons (Fsp3) is 0.500. The van der Waals surface area contributed by atoms with Crippen molar-refractivity contribution in [3.05, 3.63) is 42.2 Å². The van der Waals surface area contributed by atoms with Crippen LogP contribution in [0.25, 0.3) is 10.9 Å². The number of ether oxygens (including phenoxy) is 2. The van der Waals surface area contributed by atoms with Gasteiger partial charge in [-0.25, -0.2) is 4.79 Å². The minimum Gasteiger partial charge on any atom is -0.497 e. The predicted octanol–water partition coefficient (Wildman–Crippen LogP) is 2.66.